The molecule has 3 aromatic rings. The highest BCUT2D eigenvalue weighted by Gasteiger charge is 2.53. The van der Waals surface area contributed by atoms with Gasteiger partial charge in [-0.2, -0.15) is 0 Å². The molecule has 2 fully saturated rings. The first-order chi connectivity index (χ1) is 13.3. The van der Waals surface area contributed by atoms with Crippen LogP contribution in [-0.2, 0) is 10.2 Å². The van der Waals surface area contributed by atoms with E-state index in [4.69, 9.17) is 4.98 Å². The van der Waals surface area contributed by atoms with Crippen molar-refractivity contribution in [1.29, 1.82) is 0 Å². The van der Waals surface area contributed by atoms with Crippen LogP contribution in [0.5, 0.6) is 0 Å². The number of hydrogen-bond acceptors (Lipinski definition) is 3. The van der Waals surface area contributed by atoms with Crippen molar-refractivity contribution < 1.29 is 4.79 Å². The number of carbonyl (C=O) groups is 1. The second-order valence-corrected chi connectivity index (χ2v) is 7.80. The van der Waals surface area contributed by atoms with Gasteiger partial charge in [0.2, 0.25) is 5.91 Å². The van der Waals surface area contributed by atoms with Crippen LogP contribution in [-0.4, -0.2) is 33.9 Å². The number of fused-ring (bicyclic) bond motifs is 1. The van der Waals surface area contributed by atoms with E-state index < -0.39 is 0 Å². The van der Waals surface area contributed by atoms with Gasteiger partial charge in [-0.1, -0.05) is 30.3 Å². The minimum absolute atomic E-state index is 0.251. The Morgan fingerprint density at radius 3 is 2.48 bits per heavy atom. The number of piperidine rings is 1. The molecule has 1 aromatic carbocycles. The summed E-state index contributed by atoms with van der Waals surface area (Å²) in [5.41, 5.74) is 2.85. The zero-order chi connectivity index (χ0) is 18.3. The Labute approximate surface area is 159 Å². The maximum absolute atomic E-state index is 13.2. The highest BCUT2D eigenvalue weighted by atomic mass is 16.2. The van der Waals surface area contributed by atoms with E-state index in [-0.39, 0.29) is 5.41 Å². The number of pyridine rings is 2. The van der Waals surface area contributed by atoms with Crippen molar-refractivity contribution in [3.8, 4) is 0 Å². The van der Waals surface area contributed by atoms with Crippen molar-refractivity contribution in [2.24, 2.45) is 0 Å². The molecule has 0 N–H and O–H groups in total. The SMILES string of the molecule is O=C(N1CCC(c2ccc3cccnc3n2)CC1)C1(c2ccccc2)CC1. The van der Waals surface area contributed by atoms with E-state index >= 15 is 0 Å². The molecule has 0 atom stereocenters. The van der Waals surface area contributed by atoms with Gasteiger partial charge in [-0.15, -0.1) is 0 Å². The summed E-state index contributed by atoms with van der Waals surface area (Å²) in [5, 5.41) is 1.08. The molecular formula is C23H23N3O. The molecule has 0 radical (unpaired) electrons. The lowest BCUT2D eigenvalue weighted by Gasteiger charge is -2.34. The fourth-order valence-corrected chi connectivity index (χ4v) is 4.38. The molecule has 136 valence electrons. The number of carbonyl (C=O) groups excluding carboxylic acids is 1. The van der Waals surface area contributed by atoms with Gasteiger partial charge in [-0.3, -0.25) is 4.79 Å². The largest absolute Gasteiger partial charge is 0.342 e. The Balaban J connectivity index is 1.29. The molecule has 4 heteroatoms. The van der Waals surface area contributed by atoms with Gasteiger partial charge in [-0.25, -0.2) is 9.97 Å². The molecule has 0 spiro atoms. The van der Waals surface area contributed by atoms with E-state index in [0.29, 0.717) is 11.8 Å². The zero-order valence-corrected chi connectivity index (χ0v) is 15.3. The van der Waals surface area contributed by atoms with Crippen LogP contribution in [0.2, 0.25) is 0 Å². The van der Waals surface area contributed by atoms with Gasteiger partial charge in [0.25, 0.3) is 0 Å². The molecule has 3 heterocycles. The van der Waals surface area contributed by atoms with Crippen LogP contribution in [0.25, 0.3) is 11.0 Å². The molecule has 0 bridgehead atoms. The second kappa shape index (κ2) is 6.45. The van der Waals surface area contributed by atoms with Crippen LogP contribution in [0.1, 0.15) is 42.9 Å². The molecule has 1 aliphatic carbocycles. The third-order valence-electron chi connectivity index (χ3n) is 6.17. The van der Waals surface area contributed by atoms with Gasteiger partial charge in [0.1, 0.15) is 0 Å². The predicted octanol–water partition coefficient (Wildman–Crippen LogP) is 4.07. The third-order valence-corrected chi connectivity index (χ3v) is 6.17. The Hall–Kier alpha value is -2.75. The average molecular weight is 357 g/mol. The van der Waals surface area contributed by atoms with E-state index in [2.05, 4.69) is 34.1 Å². The van der Waals surface area contributed by atoms with E-state index in [1.165, 1.54) is 5.56 Å². The molecular weight excluding hydrogens is 334 g/mol. The number of amides is 1. The van der Waals surface area contributed by atoms with Crippen molar-refractivity contribution in [3.63, 3.8) is 0 Å². The average Bonchev–Trinajstić information content (AvgIpc) is 3.56. The maximum Gasteiger partial charge on any atom is 0.233 e. The Morgan fingerprint density at radius 2 is 1.74 bits per heavy atom. The monoisotopic (exact) mass is 357 g/mol. The topological polar surface area (TPSA) is 46.1 Å². The van der Waals surface area contributed by atoms with Crippen LogP contribution in [0, 0.1) is 0 Å². The molecule has 27 heavy (non-hydrogen) atoms. The van der Waals surface area contributed by atoms with Crippen LogP contribution >= 0.6 is 0 Å². The summed E-state index contributed by atoms with van der Waals surface area (Å²) in [5.74, 6) is 0.729. The molecule has 5 rings (SSSR count). The fraction of sp³-hybridized carbons (Fsp3) is 0.348. The molecule has 1 aliphatic heterocycles. The summed E-state index contributed by atoms with van der Waals surface area (Å²) >= 11 is 0. The van der Waals surface area contributed by atoms with Crippen LogP contribution < -0.4 is 0 Å². The van der Waals surface area contributed by atoms with Crippen molar-refractivity contribution in [2.45, 2.75) is 37.0 Å². The molecule has 1 saturated heterocycles. The Bertz CT molecular complexity index is 973. The normalized spacial score (nSPS) is 19.2. The van der Waals surface area contributed by atoms with Gasteiger partial charge in [0.05, 0.1) is 5.41 Å². The lowest BCUT2D eigenvalue weighted by Crippen LogP contribution is -2.43. The van der Waals surface area contributed by atoms with Crippen LogP contribution in [0.3, 0.4) is 0 Å². The summed E-state index contributed by atoms with van der Waals surface area (Å²) in [6, 6.07) is 18.5. The van der Waals surface area contributed by atoms with Crippen molar-refractivity contribution in [3.05, 3.63) is 72.1 Å². The lowest BCUT2D eigenvalue weighted by molar-refractivity contribution is -0.135. The molecule has 0 unspecified atom stereocenters. The van der Waals surface area contributed by atoms with Gasteiger partial charge in [0.15, 0.2) is 5.65 Å². The zero-order valence-electron chi connectivity index (χ0n) is 15.3. The van der Waals surface area contributed by atoms with Gasteiger partial charge >= 0.3 is 0 Å². The quantitative estimate of drug-likeness (QED) is 0.710. The summed E-state index contributed by atoms with van der Waals surface area (Å²) in [6.07, 6.45) is 5.70. The molecule has 4 nitrogen and oxygen atoms in total. The second-order valence-electron chi connectivity index (χ2n) is 7.80. The highest BCUT2D eigenvalue weighted by molar-refractivity contribution is 5.91. The molecule has 1 amide bonds. The standard InChI is InChI=1S/C23H23N3O/c27-22(23(12-13-23)19-6-2-1-3-7-19)26-15-10-17(11-16-26)20-9-8-18-5-4-14-24-21(18)25-20/h1-9,14,17H,10-13,15-16H2. The predicted molar refractivity (Wildman–Crippen MR) is 105 cm³/mol. The number of benzene rings is 1. The third kappa shape index (κ3) is 2.89. The minimum atomic E-state index is -0.251. The first-order valence-electron chi connectivity index (χ1n) is 9.83. The number of aromatic nitrogens is 2. The first-order valence-corrected chi connectivity index (χ1v) is 9.83. The van der Waals surface area contributed by atoms with Crippen LogP contribution in [0.15, 0.2) is 60.8 Å². The number of likely N-dealkylation sites (tertiary alicyclic amines) is 1. The Morgan fingerprint density at radius 1 is 0.963 bits per heavy atom. The van der Waals surface area contributed by atoms with Crippen molar-refractivity contribution in [2.75, 3.05) is 13.1 Å². The summed E-state index contributed by atoms with van der Waals surface area (Å²) in [7, 11) is 0. The van der Waals surface area contributed by atoms with Crippen molar-refractivity contribution >= 4 is 16.9 Å². The Kier molecular flexibility index (Phi) is 3.92. The fourth-order valence-electron chi connectivity index (χ4n) is 4.38. The van der Waals surface area contributed by atoms with E-state index in [0.717, 1.165) is 55.5 Å². The first kappa shape index (κ1) is 16.4. The summed E-state index contributed by atoms with van der Waals surface area (Å²) in [6.45, 7) is 1.64. The van der Waals surface area contributed by atoms with Gasteiger partial charge in [-0.05, 0) is 55.5 Å². The van der Waals surface area contributed by atoms with E-state index in [9.17, 15) is 4.79 Å². The molecule has 2 aromatic heterocycles. The number of rotatable bonds is 3. The number of nitrogens with zero attached hydrogens (tertiary/aromatic N) is 3. The smallest absolute Gasteiger partial charge is 0.233 e. The lowest BCUT2D eigenvalue weighted by atomic mass is 9.89. The van der Waals surface area contributed by atoms with Gasteiger partial charge in [0, 0.05) is 36.3 Å². The highest BCUT2D eigenvalue weighted by Crippen LogP contribution is 2.50. The van der Waals surface area contributed by atoms with Crippen molar-refractivity contribution in [1.82, 2.24) is 14.9 Å². The van der Waals surface area contributed by atoms with Gasteiger partial charge < -0.3 is 4.90 Å². The molecule has 2 aliphatic rings. The van der Waals surface area contributed by atoms with E-state index in [1.807, 2.05) is 30.3 Å². The summed E-state index contributed by atoms with van der Waals surface area (Å²) in [4.78, 5) is 24.4. The molecule has 1 saturated carbocycles. The van der Waals surface area contributed by atoms with Crippen LogP contribution in [0.4, 0.5) is 0 Å². The maximum atomic E-state index is 13.2. The van der Waals surface area contributed by atoms with E-state index in [1.54, 1.807) is 6.20 Å². The number of hydrogen-bond donors (Lipinski definition) is 0. The summed E-state index contributed by atoms with van der Waals surface area (Å²) < 4.78 is 0. The minimum Gasteiger partial charge on any atom is -0.342 e.